The average molecular weight is 310 g/mol. The molecule has 5 heteroatoms. The summed E-state index contributed by atoms with van der Waals surface area (Å²) in [6, 6.07) is 8.25. The predicted octanol–water partition coefficient (Wildman–Crippen LogP) is 4.04. The molecular formula is C18H22N4O. The minimum atomic E-state index is 0.0128. The maximum Gasteiger partial charge on any atom is 0.225 e. The number of rotatable bonds is 5. The van der Waals surface area contributed by atoms with Gasteiger partial charge in [-0.3, -0.25) is 4.79 Å². The molecule has 1 N–H and O–H groups in total. The second-order valence-corrected chi connectivity index (χ2v) is 5.87. The number of carbonyl (C=O) groups is 1. The number of carbonyl (C=O) groups excluding carboxylic acids is 1. The molecule has 2 aromatic heterocycles. The van der Waals surface area contributed by atoms with E-state index in [1.165, 1.54) is 5.56 Å². The minimum Gasteiger partial charge on any atom is -0.309 e. The Morgan fingerprint density at radius 1 is 1.26 bits per heavy atom. The molecule has 120 valence electrons. The number of anilines is 1. The predicted molar refractivity (Wildman–Crippen MR) is 93.6 cm³/mol. The normalized spacial score (nSPS) is 11.3. The Labute approximate surface area is 135 Å². The van der Waals surface area contributed by atoms with Crippen LogP contribution < -0.4 is 5.32 Å². The van der Waals surface area contributed by atoms with E-state index in [1.807, 2.05) is 17.7 Å². The lowest BCUT2D eigenvalue weighted by atomic mass is 10.1. The van der Waals surface area contributed by atoms with Crippen molar-refractivity contribution in [3.05, 3.63) is 29.8 Å². The van der Waals surface area contributed by atoms with Crippen LogP contribution in [0.3, 0.4) is 0 Å². The number of pyridine rings is 1. The SMILES string of the molecule is CCCCC(=O)Nc1nn(CC)c2nc3ccc(C)cc3cc12. The van der Waals surface area contributed by atoms with Gasteiger partial charge in [0.1, 0.15) is 0 Å². The van der Waals surface area contributed by atoms with Gasteiger partial charge in [0.15, 0.2) is 11.5 Å². The van der Waals surface area contributed by atoms with E-state index in [0.717, 1.165) is 34.8 Å². The molecule has 0 aliphatic heterocycles. The Morgan fingerprint density at radius 2 is 2.09 bits per heavy atom. The lowest BCUT2D eigenvalue weighted by Crippen LogP contribution is -2.12. The number of nitrogens with zero attached hydrogens (tertiary/aromatic N) is 3. The average Bonchev–Trinajstić information content (AvgIpc) is 2.87. The highest BCUT2D eigenvalue weighted by molar-refractivity contribution is 6.02. The van der Waals surface area contributed by atoms with Gasteiger partial charge < -0.3 is 5.32 Å². The second kappa shape index (κ2) is 6.36. The molecule has 0 atom stereocenters. The molecule has 1 amide bonds. The van der Waals surface area contributed by atoms with Crippen molar-refractivity contribution in [3.8, 4) is 0 Å². The molecule has 0 aliphatic carbocycles. The monoisotopic (exact) mass is 310 g/mol. The third kappa shape index (κ3) is 3.04. The maximum absolute atomic E-state index is 12.0. The number of hydrogen-bond donors (Lipinski definition) is 1. The first-order valence-corrected chi connectivity index (χ1v) is 8.20. The van der Waals surface area contributed by atoms with Gasteiger partial charge in [-0.15, -0.1) is 0 Å². The molecule has 23 heavy (non-hydrogen) atoms. The Kier molecular flexibility index (Phi) is 4.28. The minimum absolute atomic E-state index is 0.0128. The quantitative estimate of drug-likeness (QED) is 0.773. The number of hydrogen-bond acceptors (Lipinski definition) is 3. The number of amides is 1. The van der Waals surface area contributed by atoms with Gasteiger partial charge in [0.25, 0.3) is 0 Å². The summed E-state index contributed by atoms with van der Waals surface area (Å²) in [6.07, 6.45) is 2.42. The lowest BCUT2D eigenvalue weighted by Gasteiger charge is -2.03. The van der Waals surface area contributed by atoms with Gasteiger partial charge >= 0.3 is 0 Å². The van der Waals surface area contributed by atoms with Gasteiger partial charge in [-0.05, 0) is 38.5 Å². The van der Waals surface area contributed by atoms with Gasteiger partial charge in [-0.1, -0.05) is 25.0 Å². The largest absolute Gasteiger partial charge is 0.309 e. The molecule has 5 nitrogen and oxygen atoms in total. The Hall–Kier alpha value is -2.43. The zero-order chi connectivity index (χ0) is 16.4. The topological polar surface area (TPSA) is 59.8 Å². The number of benzene rings is 1. The first-order valence-electron chi connectivity index (χ1n) is 8.20. The van der Waals surface area contributed by atoms with Crippen molar-refractivity contribution < 1.29 is 4.79 Å². The molecule has 0 fully saturated rings. The molecule has 0 aliphatic rings. The molecule has 0 spiro atoms. The van der Waals surface area contributed by atoms with Gasteiger partial charge in [0.2, 0.25) is 5.91 Å². The van der Waals surface area contributed by atoms with Crippen molar-refractivity contribution in [2.75, 3.05) is 5.32 Å². The molecule has 0 saturated heterocycles. The first-order chi connectivity index (χ1) is 11.1. The van der Waals surface area contributed by atoms with Crippen molar-refractivity contribution in [2.45, 2.75) is 46.6 Å². The van der Waals surface area contributed by atoms with Gasteiger partial charge in [0.05, 0.1) is 10.9 Å². The Balaban J connectivity index is 2.08. The number of aromatic nitrogens is 3. The van der Waals surface area contributed by atoms with E-state index in [0.29, 0.717) is 18.8 Å². The zero-order valence-electron chi connectivity index (χ0n) is 13.9. The standard InChI is InChI=1S/C18H22N4O/c1-4-6-7-16(23)20-17-14-11-13-10-12(3)8-9-15(13)19-18(14)22(5-2)21-17/h8-11H,4-7H2,1-3H3,(H,20,21,23). The fourth-order valence-corrected chi connectivity index (χ4v) is 2.72. The molecule has 1 aromatic carbocycles. The molecule has 3 rings (SSSR count). The summed E-state index contributed by atoms with van der Waals surface area (Å²) in [5.74, 6) is 0.623. The Morgan fingerprint density at radius 3 is 2.83 bits per heavy atom. The highest BCUT2D eigenvalue weighted by Crippen LogP contribution is 2.26. The van der Waals surface area contributed by atoms with Gasteiger partial charge in [-0.25, -0.2) is 9.67 Å². The van der Waals surface area contributed by atoms with Crippen molar-refractivity contribution in [3.63, 3.8) is 0 Å². The van der Waals surface area contributed by atoms with E-state index in [-0.39, 0.29) is 5.91 Å². The van der Waals surface area contributed by atoms with Crippen LogP contribution in [0.2, 0.25) is 0 Å². The van der Waals surface area contributed by atoms with Crippen LogP contribution in [-0.4, -0.2) is 20.7 Å². The highest BCUT2D eigenvalue weighted by Gasteiger charge is 2.14. The fourth-order valence-electron chi connectivity index (χ4n) is 2.72. The van der Waals surface area contributed by atoms with Crippen molar-refractivity contribution in [2.24, 2.45) is 0 Å². The van der Waals surface area contributed by atoms with Gasteiger partial charge in [-0.2, -0.15) is 5.10 Å². The highest BCUT2D eigenvalue weighted by atomic mass is 16.1. The third-order valence-electron chi connectivity index (χ3n) is 3.99. The smallest absolute Gasteiger partial charge is 0.225 e. The van der Waals surface area contributed by atoms with Crippen molar-refractivity contribution >= 4 is 33.7 Å². The van der Waals surface area contributed by atoms with Crippen LogP contribution in [0.15, 0.2) is 24.3 Å². The van der Waals surface area contributed by atoms with E-state index in [4.69, 9.17) is 4.98 Å². The van der Waals surface area contributed by atoms with Crippen molar-refractivity contribution in [1.29, 1.82) is 0 Å². The lowest BCUT2D eigenvalue weighted by molar-refractivity contribution is -0.116. The molecule has 2 heterocycles. The van der Waals surface area contributed by atoms with E-state index >= 15 is 0 Å². The molecule has 0 unspecified atom stereocenters. The van der Waals surface area contributed by atoms with E-state index < -0.39 is 0 Å². The van der Waals surface area contributed by atoms with Crippen LogP contribution in [0.4, 0.5) is 5.82 Å². The fraction of sp³-hybridized carbons (Fsp3) is 0.389. The molecule has 3 aromatic rings. The summed E-state index contributed by atoms with van der Waals surface area (Å²) in [5, 5.41) is 9.43. The number of unbranched alkanes of at least 4 members (excludes halogenated alkanes) is 1. The van der Waals surface area contributed by atoms with Crippen LogP contribution in [0.25, 0.3) is 21.9 Å². The van der Waals surface area contributed by atoms with Crippen molar-refractivity contribution in [1.82, 2.24) is 14.8 Å². The number of fused-ring (bicyclic) bond motifs is 2. The summed E-state index contributed by atoms with van der Waals surface area (Å²) in [5.41, 5.74) is 2.95. The Bertz CT molecular complexity index is 866. The number of aryl methyl sites for hydroxylation is 2. The summed E-state index contributed by atoms with van der Waals surface area (Å²) >= 11 is 0. The molecule has 0 saturated carbocycles. The molecule has 0 bridgehead atoms. The summed E-state index contributed by atoms with van der Waals surface area (Å²) in [6.45, 7) is 6.88. The van der Waals surface area contributed by atoms with Crippen LogP contribution in [0, 0.1) is 6.92 Å². The van der Waals surface area contributed by atoms with Gasteiger partial charge in [0, 0.05) is 18.4 Å². The number of nitrogens with one attached hydrogen (secondary N) is 1. The molecular weight excluding hydrogens is 288 g/mol. The summed E-state index contributed by atoms with van der Waals surface area (Å²) in [7, 11) is 0. The van der Waals surface area contributed by atoms with E-state index in [9.17, 15) is 4.79 Å². The van der Waals surface area contributed by atoms with Crippen LogP contribution in [0.1, 0.15) is 38.7 Å². The van der Waals surface area contributed by atoms with E-state index in [1.54, 1.807) is 0 Å². The third-order valence-corrected chi connectivity index (χ3v) is 3.99. The molecule has 0 radical (unpaired) electrons. The first kappa shape index (κ1) is 15.5. The maximum atomic E-state index is 12.0. The zero-order valence-corrected chi connectivity index (χ0v) is 13.9. The summed E-state index contributed by atoms with van der Waals surface area (Å²) in [4.78, 5) is 16.8. The summed E-state index contributed by atoms with van der Waals surface area (Å²) < 4.78 is 1.84. The second-order valence-electron chi connectivity index (χ2n) is 5.87. The van der Waals surface area contributed by atoms with Crippen LogP contribution in [-0.2, 0) is 11.3 Å². The van der Waals surface area contributed by atoms with E-state index in [2.05, 4.69) is 42.5 Å². The van der Waals surface area contributed by atoms with Crippen LogP contribution in [0.5, 0.6) is 0 Å². The van der Waals surface area contributed by atoms with Crippen LogP contribution >= 0.6 is 0 Å².